The van der Waals surface area contributed by atoms with Crippen molar-refractivity contribution in [2.24, 2.45) is 5.41 Å². The third-order valence-corrected chi connectivity index (χ3v) is 6.40. The van der Waals surface area contributed by atoms with E-state index in [1.165, 1.54) is 51.4 Å². The van der Waals surface area contributed by atoms with Gasteiger partial charge in [-0.15, -0.1) is 0 Å². The van der Waals surface area contributed by atoms with Gasteiger partial charge in [0, 0.05) is 0 Å². The maximum absolute atomic E-state index is 5.79. The van der Waals surface area contributed by atoms with E-state index in [0.717, 1.165) is 12.2 Å². The molecule has 3 fully saturated rings. The van der Waals surface area contributed by atoms with Crippen LogP contribution in [0.1, 0.15) is 77.2 Å². The maximum atomic E-state index is 5.79. The fourth-order valence-corrected chi connectivity index (χ4v) is 4.89. The first-order valence-corrected chi connectivity index (χ1v) is 9.60. The van der Waals surface area contributed by atoms with Crippen LogP contribution in [0.3, 0.4) is 0 Å². The second-order valence-electron chi connectivity index (χ2n) is 7.75. The third kappa shape index (κ3) is 3.49. The van der Waals surface area contributed by atoms with Gasteiger partial charge in [-0.1, -0.05) is 44.6 Å². The zero-order valence-corrected chi connectivity index (χ0v) is 14.9. The van der Waals surface area contributed by atoms with Gasteiger partial charge in [0.2, 0.25) is 0 Å². The predicted molar refractivity (Wildman–Crippen MR) is 98.1 cm³/mol. The number of benzene rings is 1. The first-order valence-electron chi connectivity index (χ1n) is 9.60. The van der Waals surface area contributed by atoms with Crippen molar-refractivity contribution < 1.29 is 4.74 Å². The summed E-state index contributed by atoms with van der Waals surface area (Å²) < 4.78 is 5.79. The minimum atomic E-state index is 0.468. The van der Waals surface area contributed by atoms with Crippen molar-refractivity contribution in [2.75, 3.05) is 6.61 Å². The molecule has 0 heterocycles. The minimum absolute atomic E-state index is 0.468. The average molecular weight is 312 g/mol. The molecule has 0 N–H and O–H groups in total. The molecule has 3 saturated carbocycles. The Bertz CT molecular complexity index is 501. The van der Waals surface area contributed by atoms with Crippen LogP contribution in [0, 0.1) is 5.41 Å². The van der Waals surface area contributed by atoms with Crippen molar-refractivity contribution >= 4 is 0 Å². The summed E-state index contributed by atoms with van der Waals surface area (Å²) in [5.41, 5.74) is 2.72. The van der Waals surface area contributed by atoms with Crippen LogP contribution in [0.15, 0.2) is 36.4 Å². The van der Waals surface area contributed by atoms with Gasteiger partial charge in [0.1, 0.15) is 12.4 Å². The fraction of sp³-hybridized carbons (Fsp3) is 0.636. The summed E-state index contributed by atoms with van der Waals surface area (Å²) in [5, 5.41) is 0. The molecule has 126 valence electrons. The lowest BCUT2D eigenvalue weighted by molar-refractivity contribution is 0.0320. The van der Waals surface area contributed by atoms with E-state index < -0.39 is 0 Å². The highest BCUT2D eigenvalue weighted by Gasteiger charge is 2.48. The van der Waals surface area contributed by atoms with E-state index in [2.05, 4.69) is 50.3 Å². The second-order valence-corrected chi connectivity index (χ2v) is 7.75. The quantitative estimate of drug-likeness (QED) is 0.527. The normalized spacial score (nSPS) is 30.0. The first-order chi connectivity index (χ1) is 11.2. The molecule has 3 aliphatic rings. The summed E-state index contributed by atoms with van der Waals surface area (Å²) in [4.78, 5) is 0. The van der Waals surface area contributed by atoms with Crippen molar-refractivity contribution in [1.82, 2.24) is 0 Å². The zero-order chi connectivity index (χ0) is 16.2. The van der Waals surface area contributed by atoms with E-state index in [0.29, 0.717) is 17.4 Å². The SMILES string of the molecule is CCC=CCOc1ccc(C23CCC(CCC)(CC2)CC3)cc1. The van der Waals surface area contributed by atoms with E-state index >= 15 is 0 Å². The maximum Gasteiger partial charge on any atom is 0.119 e. The number of allylic oxidation sites excluding steroid dienone is 1. The highest BCUT2D eigenvalue weighted by molar-refractivity contribution is 5.34. The summed E-state index contributed by atoms with van der Waals surface area (Å²) in [6.45, 7) is 5.17. The highest BCUT2D eigenvalue weighted by atomic mass is 16.5. The van der Waals surface area contributed by atoms with Crippen LogP contribution in [0.4, 0.5) is 0 Å². The zero-order valence-electron chi connectivity index (χ0n) is 14.9. The van der Waals surface area contributed by atoms with Crippen LogP contribution in [-0.4, -0.2) is 6.61 Å². The Balaban J connectivity index is 1.63. The van der Waals surface area contributed by atoms with Gasteiger partial charge < -0.3 is 4.74 Å². The Hall–Kier alpha value is -1.24. The summed E-state index contributed by atoms with van der Waals surface area (Å²) >= 11 is 0. The monoisotopic (exact) mass is 312 g/mol. The van der Waals surface area contributed by atoms with Gasteiger partial charge in [0.15, 0.2) is 0 Å². The van der Waals surface area contributed by atoms with Gasteiger partial charge in [0.05, 0.1) is 0 Å². The van der Waals surface area contributed by atoms with Crippen molar-refractivity contribution in [1.29, 1.82) is 0 Å². The number of ether oxygens (including phenoxy) is 1. The molecule has 0 saturated heterocycles. The molecule has 0 atom stereocenters. The van der Waals surface area contributed by atoms with Crippen LogP contribution in [0.25, 0.3) is 0 Å². The smallest absolute Gasteiger partial charge is 0.119 e. The minimum Gasteiger partial charge on any atom is -0.490 e. The number of fused-ring (bicyclic) bond motifs is 3. The van der Waals surface area contributed by atoms with Crippen molar-refractivity contribution in [2.45, 2.75) is 77.0 Å². The van der Waals surface area contributed by atoms with E-state index in [9.17, 15) is 0 Å². The first kappa shape index (κ1) is 16.6. The van der Waals surface area contributed by atoms with Crippen molar-refractivity contribution in [3.63, 3.8) is 0 Å². The molecule has 4 rings (SSSR count). The van der Waals surface area contributed by atoms with E-state index in [4.69, 9.17) is 4.74 Å². The van der Waals surface area contributed by atoms with Crippen LogP contribution in [0.5, 0.6) is 5.75 Å². The number of hydrogen-bond acceptors (Lipinski definition) is 1. The Morgan fingerprint density at radius 1 is 0.913 bits per heavy atom. The Labute approximate surface area is 142 Å². The Kier molecular flexibility index (Phi) is 5.14. The fourth-order valence-electron chi connectivity index (χ4n) is 4.89. The topological polar surface area (TPSA) is 9.23 Å². The summed E-state index contributed by atoms with van der Waals surface area (Å²) in [7, 11) is 0. The highest BCUT2D eigenvalue weighted by Crippen LogP contribution is 2.59. The van der Waals surface area contributed by atoms with Crippen molar-refractivity contribution in [3.8, 4) is 5.75 Å². The van der Waals surface area contributed by atoms with Gasteiger partial charge in [0.25, 0.3) is 0 Å². The van der Waals surface area contributed by atoms with Gasteiger partial charge >= 0.3 is 0 Å². The van der Waals surface area contributed by atoms with E-state index in [1.807, 2.05) is 0 Å². The molecule has 1 aromatic carbocycles. The Morgan fingerprint density at radius 2 is 1.57 bits per heavy atom. The second kappa shape index (κ2) is 7.11. The van der Waals surface area contributed by atoms with Gasteiger partial charge in [-0.3, -0.25) is 0 Å². The summed E-state index contributed by atoms with van der Waals surface area (Å²) in [5.74, 6) is 0.998. The molecule has 3 aliphatic carbocycles. The molecular formula is C22H32O. The molecule has 1 aromatic rings. The van der Waals surface area contributed by atoms with Gasteiger partial charge in [-0.05, 0) is 79.9 Å². The molecule has 2 bridgehead atoms. The Morgan fingerprint density at radius 3 is 2.13 bits per heavy atom. The van der Waals surface area contributed by atoms with E-state index in [1.54, 1.807) is 5.56 Å². The molecule has 1 nitrogen and oxygen atoms in total. The van der Waals surface area contributed by atoms with Crippen LogP contribution >= 0.6 is 0 Å². The average Bonchev–Trinajstić information content (AvgIpc) is 2.61. The molecule has 1 heteroatoms. The molecular weight excluding hydrogens is 280 g/mol. The molecule has 23 heavy (non-hydrogen) atoms. The van der Waals surface area contributed by atoms with Gasteiger partial charge in [-0.25, -0.2) is 0 Å². The number of rotatable bonds is 7. The molecule has 0 unspecified atom stereocenters. The molecule has 0 aromatic heterocycles. The summed E-state index contributed by atoms with van der Waals surface area (Å²) in [6.07, 6.45) is 16.6. The lowest BCUT2D eigenvalue weighted by atomic mass is 9.51. The molecule has 0 radical (unpaired) electrons. The lowest BCUT2D eigenvalue weighted by Gasteiger charge is -2.54. The summed E-state index contributed by atoms with van der Waals surface area (Å²) in [6, 6.07) is 9.01. The standard InChI is InChI=1S/C22H32O/c1-3-5-6-18-23-20-9-7-19(8-10-20)22-15-12-21(11-4-2,13-16-22)14-17-22/h5-10H,3-4,11-18H2,1-2H3. The molecule has 0 spiro atoms. The van der Waals surface area contributed by atoms with Gasteiger partial charge in [-0.2, -0.15) is 0 Å². The molecule has 0 aliphatic heterocycles. The van der Waals surface area contributed by atoms with Crippen LogP contribution in [-0.2, 0) is 5.41 Å². The van der Waals surface area contributed by atoms with Crippen molar-refractivity contribution in [3.05, 3.63) is 42.0 Å². The van der Waals surface area contributed by atoms with Crippen LogP contribution in [0.2, 0.25) is 0 Å². The third-order valence-electron chi connectivity index (χ3n) is 6.40. The van der Waals surface area contributed by atoms with E-state index in [-0.39, 0.29) is 0 Å². The largest absolute Gasteiger partial charge is 0.490 e. The molecule has 0 amide bonds. The number of hydrogen-bond donors (Lipinski definition) is 0. The predicted octanol–water partition coefficient (Wildman–Crippen LogP) is 6.42. The van der Waals surface area contributed by atoms with Crippen LogP contribution < -0.4 is 4.74 Å². The lowest BCUT2D eigenvalue weighted by Crippen LogP contribution is -2.44.